The van der Waals surface area contributed by atoms with Crippen molar-refractivity contribution in [1.82, 2.24) is 15.1 Å². The van der Waals surface area contributed by atoms with Gasteiger partial charge >= 0.3 is 6.09 Å². The van der Waals surface area contributed by atoms with Crippen molar-refractivity contribution in [1.29, 1.82) is 0 Å². The first-order valence-corrected chi connectivity index (χ1v) is 9.53. The number of hydrogen-bond donors (Lipinski definition) is 1. The lowest BCUT2D eigenvalue weighted by atomic mass is 10.0. The first kappa shape index (κ1) is 21.5. The highest BCUT2D eigenvalue weighted by Gasteiger charge is 2.29. The van der Waals surface area contributed by atoms with E-state index in [-0.39, 0.29) is 30.5 Å². The molecule has 1 heterocycles. The summed E-state index contributed by atoms with van der Waals surface area (Å²) in [6.07, 6.45) is 0.932. The number of amides is 3. The molecule has 2 rings (SSSR count). The lowest BCUT2D eigenvalue weighted by Gasteiger charge is -2.37. The fraction of sp³-hybridized carbons (Fsp3) is 0.550. The van der Waals surface area contributed by atoms with Crippen LogP contribution in [0.15, 0.2) is 24.3 Å². The van der Waals surface area contributed by atoms with Gasteiger partial charge in [-0.1, -0.05) is 12.1 Å². The van der Waals surface area contributed by atoms with Crippen LogP contribution in [-0.2, 0) is 20.9 Å². The number of carbonyl (C=O) groups excluding carboxylic acids is 3. The van der Waals surface area contributed by atoms with E-state index in [2.05, 4.69) is 5.32 Å². The van der Waals surface area contributed by atoms with Crippen LogP contribution >= 0.6 is 0 Å². The molecule has 8 nitrogen and oxygen atoms in total. The van der Waals surface area contributed by atoms with E-state index in [0.717, 1.165) is 11.3 Å². The number of ether oxygens (including phenoxy) is 2. The molecule has 1 aliphatic rings. The predicted octanol–water partition coefficient (Wildman–Crippen LogP) is 1.78. The minimum atomic E-state index is -0.326. The average molecular weight is 391 g/mol. The van der Waals surface area contributed by atoms with Gasteiger partial charge in [-0.25, -0.2) is 4.79 Å². The molecule has 1 aliphatic heterocycles. The summed E-state index contributed by atoms with van der Waals surface area (Å²) < 4.78 is 10.1. The highest BCUT2D eigenvalue weighted by atomic mass is 16.6. The van der Waals surface area contributed by atoms with E-state index in [1.54, 1.807) is 23.8 Å². The summed E-state index contributed by atoms with van der Waals surface area (Å²) in [7, 11) is 1.60. The molecule has 0 atom stereocenters. The molecule has 0 aliphatic carbocycles. The third-order valence-electron chi connectivity index (χ3n) is 4.80. The Morgan fingerprint density at radius 1 is 1.18 bits per heavy atom. The lowest BCUT2D eigenvalue weighted by molar-refractivity contribution is -0.137. The van der Waals surface area contributed by atoms with E-state index < -0.39 is 0 Å². The van der Waals surface area contributed by atoms with Crippen LogP contribution < -0.4 is 10.1 Å². The van der Waals surface area contributed by atoms with E-state index in [9.17, 15) is 14.4 Å². The van der Waals surface area contributed by atoms with Gasteiger partial charge in [0.15, 0.2) is 0 Å². The number of nitrogens with zero attached hydrogens (tertiary/aromatic N) is 2. The molecule has 1 aromatic carbocycles. The molecule has 154 valence electrons. The number of nitrogens with one attached hydrogen (secondary N) is 1. The van der Waals surface area contributed by atoms with Crippen LogP contribution in [0, 0.1) is 0 Å². The number of methoxy groups -OCH3 is 1. The molecule has 8 heteroatoms. The number of benzene rings is 1. The number of hydrogen-bond acceptors (Lipinski definition) is 5. The fourth-order valence-electron chi connectivity index (χ4n) is 3.23. The lowest BCUT2D eigenvalue weighted by Crippen LogP contribution is -2.51. The molecule has 0 spiro atoms. The summed E-state index contributed by atoms with van der Waals surface area (Å²) in [4.78, 5) is 39.4. The second kappa shape index (κ2) is 10.5. The molecule has 0 bridgehead atoms. The van der Waals surface area contributed by atoms with Gasteiger partial charge in [-0.15, -0.1) is 0 Å². The average Bonchev–Trinajstić information content (AvgIpc) is 2.71. The number of carbonyl (C=O) groups is 3. The van der Waals surface area contributed by atoms with Crippen molar-refractivity contribution >= 4 is 17.9 Å². The summed E-state index contributed by atoms with van der Waals surface area (Å²) in [5, 5.41) is 2.85. The van der Waals surface area contributed by atoms with Crippen molar-refractivity contribution in [2.24, 2.45) is 0 Å². The van der Waals surface area contributed by atoms with Gasteiger partial charge in [0.2, 0.25) is 11.8 Å². The van der Waals surface area contributed by atoms with Crippen LogP contribution in [-0.4, -0.2) is 67.1 Å². The van der Waals surface area contributed by atoms with E-state index in [1.165, 1.54) is 6.92 Å². The zero-order valence-electron chi connectivity index (χ0n) is 16.8. The van der Waals surface area contributed by atoms with Gasteiger partial charge in [-0.2, -0.15) is 0 Å². The topological polar surface area (TPSA) is 88.2 Å². The van der Waals surface area contributed by atoms with Crippen LogP contribution in [0.4, 0.5) is 4.79 Å². The zero-order chi connectivity index (χ0) is 20.5. The third-order valence-corrected chi connectivity index (χ3v) is 4.80. The Morgan fingerprint density at radius 2 is 1.82 bits per heavy atom. The molecule has 1 N–H and O–H groups in total. The largest absolute Gasteiger partial charge is 0.497 e. The quantitative estimate of drug-likeness (QED) is 0.765. The Hall–Kier alpha value is -2.77. The smallest absolute Gasteiger partial charge is 0.409 e. The number of rotatable bonds is 7. The third kappa shape index (κ3) is 6.14. The molecule has 1 saturated heterocycles. The normalized spacial score (nSPS) is 14.3. The monoisotopic (exact) mass is 391 g/mol. The molecule has 0 unspecified atom stereocenters. The van der Waals surface area contributed by atoms with Gasteiger partial charge < -0.3 is 24.6 Å². The maximum Gasteiger partial charge on any atom is 0.409 e. The summed E-state index contributed by atoms with van der Waals surface area (Å²) in [5.41, 5.74) is 0.950. The van der Waals surface area contributed by atoms with Crippen LogP contribution in [0.2, 0.25) is 0 Å². The Labute approximate surface area is 165 Å². The molecule has 1 aromatic rings. The van der Waals surface area contributed by atoms with E-state index >= 15 is 0 Å². The summed E-state index contributed by atoms with van der Waals surface area (Å²) in [6.45, 7) is 5.00. The summed E-state index contributed by atoms with van der Waals surface area (Å²) in [5.74, 6) is 0.403. The molecular weight excluding hydrogens is 362 g/mol. The van der Waals surface area contributed by atoms with E-state index in [4.69, 9.17) is 9.47 Å². The van der Waals surface area contributed by atoms with Gasteiger partial charge in [0.05, 0.1) is 20.3 Å². The number of likely N-dealkylation sites (tertiary alicyclic amines) is 1. The van der Waals surface area contributed by atoms with Gasteiger partial charge in [-0.3, -0.25) is 9.59 Å². The second-order valence-corrected chi connectivity index (χ2v) is 6.69. The highest BCUT2D eigenvalue weighted by Crippen LogP contribution is 2.17. The minimum Gasteiger partial charge on any atom is -0.497 e. The molecular formula is C20H29N3O5. The van der Waals surface area contributed by atoms with Crippen molar-refractivity contribution in [2.75, 3.05) is 33.4 Å². The Kier molecular flexibility index (Phi) is 8.10. The maximum atomic E-state index is 12.3. The van der Waals surface area contributed by atoms with Crippen LogP contribution in [0.3, 0.4) is 0 Å². The van der Waals surface area contributed by atoms with Crippen LogP contribution in [0.5, 0.6) is 5.75 Å². The van der Waals surface area contributed by atoms with Crippen molar-refractivity contribution in [3.05, 3.63) is 29.8 Å². The predicted molar refractivity (Wildman–Crippen MR) is 104 cm³/mol. The summed E-state index contributed by atoms with van der Waals surface area (Å²) >= 11 is 0. The Balaban J connectivity index is 1.84. The molecule has 3 amide bonds. The maximum absolute atomic E-state index is 12.3. The molecule has 28 heavy (non-hydrogen) atoms. The second-order valence-electron chi connectivity index (χ2n) is 6.69. The Bertz CT molecular complexity index is 669. The minimum absolute atomic E-state index is 0.00949. The van der Waals surface area contributed by atoms with Crippen LogP contribution in [0.25, 0.3) is 0 Å². The first-order chi connectivity index (χ1) is 13.4. The van der Waals surface area contributed by atoms with Crippen molar-refractivity contribution in [2.45, 2.75) is 39.3 Å². The SMILES string of the molecule is CCOC(=O)N1CCC(N(CC(=O)NCc2ccc(OC)cc2)C(C)=O)CC1. The number of piperidine rings is 1. The zero-order valence-corrected chi connectivity index (χ0v) is 16.8. The Morgan fingerprint density at radius 3 is 2.36 bits per heavy atom. The van der Waals surface area contributed by atoms with Gasteiger partial charge in [0.1, 0.15) is 5.75 Å². The van der Waals surface area contributed by atoms with Crippen molar-refractivity contribution < 1.29 is 23.9 Å². The fourth-order valence-corrected chi connectivity index (χ4v) is 3.23. The van der Waals surface area contributed by atoms with Crippen LogP contribution in [0.1, 0.15) is 32.3 Å². The molecule has 0 saturated carbocycles. The highest BCUT2D eigenvalue weighted by molar-refractivity contribution is 5.84. The van der Waals surface area contributed by atoms with Gasteiger partial charge in [0.25, 0.3) is 0 Å². The summed E-state index contributed by atoms with van der Waals surface area (Å²) in [6, 6.07) is 7.37. The van der Waals surface area contributed by atoms with Crippen molar-refractivity contribution in [3.63, 3.8) is 0 Å². The first-order valence-electron chi connectivity index (χ1n) is 9.53. The molecule has 0 aromatic heterocycles. The van der Waals surface area contributed by atoms with Gasteiger partial charge in [0, 0.05) is 32.6 Å². The standard InChI is InChI=1S/C20H29N3O5/c1-4-28-20(26)22-11-9-17(10-12-22)23(15(2)24)14-19(25)21-13-16-5-7-18(27-3)8-6-16/h5-8,17H,4,9-14H2,1-3H3,(H,21,25). The van der Waals surface area contributed by atoms with E-state index in [0.29, 0.717) is 39.1 Å². The molecule has 1 fully saturated rings. The van der Waals surface area contributed by atoms with Crippen molar-refractivity contribution in [3.8, 4) is 5.75 Å². The molecule has 0 radical (unpaired) electrons. The van der Waals surface area contributed by atoms with E-state index in [1.807, 2.05) is 24.3 Å². The van der Waals surface area contributed by atoms with Gasteiger partial charge in [-0.05, 0) is 37.5 Å².